The number of aliphatic imine (C=N–C) groups is 1. The maximum atomic E-state index is 12.7. The minimum atomic E-state index is -3.56. The number of carbonyl (C=O) groups is 1. The molecule has 2 aliphatic rings. The van der Waals surface area contributed by atoms with Crippen LogP contribution in [-0.4, -0.2) is 39.9 Å². The van der Waals surface area contributed by atoms with Gasteiger partial charge in [0.1, 0.15) is 0 Å². The zero-order valence-electron chi connectivity index (χ0n) is 18.6. The van der Waals surface area contributed by atoms with Crippen LogP contribution in [-0.2, 0) is 10.0 Å². The Morgan fingerprint density at radius 2 is 1.70 bits per heavy atom. The third-order valence-corrected chi connectivity index (χ3v) is 7.49. The minimum Gasteiger partial charge on any atom is -0.356 e. The lowest BCUT2D eigenvalue weighted by Crippen LogP contribution is -2.44. The van der Waals surface area contributed by atoms with Gasteiger partial charge in [-0.3, -0.25) is 4.79 Å². The number of carbonyl (C=O) groups excluding carboxylic acids is 1. The van der Waals surface area contributed by atoms with Crippen LogP contribution in [0.1, 0.15) is 48.9 Å². The second kappa shape index (κ2) is 10.8. The lowest BCUT2D eigenvalue weighted by Gasteiger charge is -2.16. The Morgan fingerprint density at radius 1 is 0.970 bits per heavy atom. The van der Waals surface area contributed by atoms with Crippen molar-refractivity contribution >= 4 is 33.3 Å². The van der Waals surface area contributed by atoms with Crippen LogP contribution in [0.4, 0.5) is 11.4 Å². The Bertz CT molecular complexity index is 1090. The van der Waals surface area contributed by atoms with Gasteiger partial charge in [0.25, 0.3) is 5.91 Å². The molecule has 2 fully saturated rings. The maximum Gasteiger partial charge on any atom is 0.280 e. The van der Waals surface area contributed by atoms with Crippen LogP contribution in [0.15, 0.2) is 58.4 Å². The topological polar surface area (TPSA) is 112 Å². The molecule has 4 rings (SSSR count). The van der Waals surface area contributed by atoms with Crippen molar-refractivity contribution < 1.29 is 13.2 Å². The first-order valence-corrected chi connectivity index (χ1v) is 13.1. The summed E-state index contributed by atoms with van der Waals surface area (Å²) in [6, 6.07) is 13.7. The average Bonchev–Trinajstić information content (AvgIpc) is 3.34. The lowest BCUT2D eigenvalue weighted by molar-refractivity contribution is 0.100. The molecular weight excluding hydrogens is 438 g/mol. The van der Waals surface area contributed by atoms with Gasteiger partial charge >= 0.3 is 0 Å². The van der Waals surface area contributed by atoms with Crippen LogP contribution in [0.25, 0.3) is 0 Å². The van der Waals surface area contributed by atoms with E-state index in [1.807, 2.05) is 6.07 Å². The van der Waals surface area contributed by atoms with Crippen molar-refractivity contribution in [2.75, 3.05) is 25.0 Å². The van der Waals surface area contributed by atoms with E-state index in [4.69, 9.17) is 0 Å². The van der Waals surface area contributed by atoms with Gasteiger partial charge in [-0.05, 0) is 61.2 Å². The Balaban J connectivity index is 1.36. The monoisotopic (exact) mass is 469 g/mol. The Morgan fingerprint density at radius 3 is 2.42 bits per heavy atom. The molecule has 0 unspecified atom stereocenters. The predicted molar refractivity (Wildman–Crippen MR) is 130 cm³/mol. The molecule has 0 atom stereocenters. The maximum absolute atomic E-state index is 12.7. The van der Waals surface area contributed by atoms with Gasteiger partial charge in [-0.25, -0.2) is 13.1 Å². The summed E-state index contributed by atoms with van der Waals surface area (Å²) in [4.78, 5) is 16.6. The number of benzene rings is 2. The van der Waals surface area contributed by atoms with Crippen LogP contribution in [0.3, 0.4) is 0 Å². The minimum absolute atomic E-state index is 0.231. The van der Waals surface area contributed by atoms with Crippen LogP contribution >= 0.6 is 0 Å². The fourth-order valence-corrected chi connectivity index (χ4v) is 5.29. The van der Waals surface area contributed by atoms with Gasteiger partial charge in [-0.15, -0.1) is 0 Å². The van der Waals surface area contributed by atoms with E-state index in [-0.39, 0.29) is 10.8 Å². The van der Waals surface area contributed by atoms with Crippen molar-refractivity contribution in [2.45, 2.75) is 43.4 Å². The highest BCUT2D eigenvalue weighted by atomic mass is 32.2. The number of anilines is 2. The van der Waals surface area contributed by atoms with Gasteiger partial charge < -0.3 is 16.0 Å². The summed E-state index contributed by atoms with van der Waals surface area (Å²) in [6.45, 7) is 2.06. The van der Waals surface area contributed by atoms with E-state index in [1.54, 1.807) is 42.5 Å². The molecule has 1 aliphatic carbocycles. The molecule has 0 spiro atoms. The Labute approximate surface area is 195 Å². The van der Waals surface area contributed by atoms with Crippen molar-refractivity contribution in [1.82, 2.24) is 15.4 Å². The summed E-state index contributed by atoms with van der Waals surface area (Å²) in [5, 5.41) is 9.32. The van der Waals surface area contributed by atoms with Gasteiger partial charge in [-0.1, -0.05) is 31.7 Å². The highest BCUT2D eigenvalue weighted by molar-refractivity contribution is 7.89. The van der Waals surface area contributed by atoms with Crippen LogP contribution < -0.4 is 20.7 Å². The molecule has 1 saturated heterocycles. The number of nitrogens with zero attached hydrogens (tertiary/aromatic N) is 1. The van der Waals surface area contributed by atoms with Crippen molar-refractivity contribution in [2.24, 2.45) is 10.9 Å². The van der Waals surface area contributed by atoms with Gasteiger partial charge in [-0.2, -0.15) is 4.99 Å². The Kier molecular flexibility index (Phi) is 7.61. The van der Waals surface area contributed by atoms with Crippen LogP contribution in [0, 0.1) is 5.92 Å². The molecule has 33 heavy (non-hydrogen) atoms. The van der Waals surface area contributed by atoms with Gasteiger partial charge in [0.05, 0.1) is 4.90 Å². The third-order valence-electron chi connectivity index (χ3n) is 6.04. The predicted octanol–water partition coefficient (Wildman–Crippen LogP) is 3.37. The highest BCUT2D eigenvalue weighted by Crippen LogP contribution is 2.27. The number of sulfonamides is 1. The molecular formula is C24H31N5O3S. The van der Waals surface area contributed by atoms with Crippen molar-refractivity contribution in [3.05, 3.63) is 54.1 Å². The molecule has 2 aromatic rings. The summed E-state index contributed by atoms with van der Waals surface area (Å²) in [5.41, 5.74) is 1.88. The third kappa shape index (κ3) is 6.55. The zero-order valence-corrected chi connectivity index (χ0v) is 19.5. The largest absolute Gasteiger partial charge is 0.356 e. The summed E-state index contributed by atoms with van der Waals surface area (Å²) in [7, 11) is -3.56. The number of nitrogens with one attached hydrogen (secondary N) is 4. The first-order chi connectivity index (χ1) is 16.0. The quantitative estimate of drug-likeness (QED) is 0.472. The molecule has 2 aromatic carbocycles. The first kappa shape index (κ1) is 23.3. The smallest absolute Gasteiger partial charge is 0.280 e. The van der Waals surface area contributed by atoms with Gasteiger partial charge in [0.15, 0.2) is 5.96 Å². The summed E-state index contributed by atoms with van der Waals surface area (Å²) < 4.78 is 28.1. The van der Waals surface area contributed by atoms with E-state index in [1.165, 1.54) is 25.7 Å². The normalized spacial score (nSPS) is 16.7. The number of amides is 1. The SMILES string of the molecule is O=C(N=C1NCCCN1)c1ccc(Nc2cccc(S(=O)(=O)NCCC3CCCC3)c2)cc1. The molecule has 1 aliphatic heterocycles. The summed E-state index contributed by atoms with van der Waals surface area (Å²) in [5.74, 6) is 0.815. The lowest BCUT2D eigenvalue weighted by atomic mass is 10.1. The fraction of sp³-hybridized carbons (Fsp3) is 0.417. The van der Waals surface area contributed by atoms with E-state index in [9.17, 15) is 13.2 Å². The highest BCUT2D eigenvalue weighted by Gasteiger charge is 2.18. The number of hydrogen-bond donors (Lipinski definition) is 4. The van der Waals surface area contributed by atoms with Crippen LogP contribution in [0.5, 0.6) is 0 Å². The van der Waals surface area contributed by atoms with Crippen molar-refractivity contribution in [1.29, 1.82) is 0 Å². The Hall–Kier alpha value is -2.91. The molecule has 9 heteroatoms. The van der Waals surface area contributed by atoms with Crippen molar-refractivity contribution in [3.63, 3.8) is 0 Å². The van der Waals surface area contributed by atoms with Crippen molar-refractivity contribution in [3.8, 4) is 0 Å². The van der Waals surface area contributed by atoms with E-state index in [2.05, 4.69) is 25.7 Å². The molecule has 0 bridgehead atoms. The molecule has 0 radical (unpaired) electrons. The summed E-state index contributed by atoms with van der Waals surface area (Å²) >= 11 is 0. The number of rotatable bonds is 8. The van der Waals surface area contributed by atoms with E-state index >= 15 is 0 Å². The van der Waals surface area contributed by atoms with Gasteiger partial charge in [0.2, 0.25) is 10.0 Å². The first-order valence-electron chi connectivity index (χ1n) is 11.6. The molecule has 0 aromatic heterocycles. The van der Waals surface area contributed by atoms with Gasteiger partial charge in [0, 0.05) is 36.6 Å². The molecule has 176 valence electrons. The second-order valence-electron chi connectivity index (χ2n) is 8.54. The molecule has 1 saturated carbocycles. The van der Waals surface area contributed by atoms with E-state index in [0.29, 0.717) is 29.7 Å². The fourth-order valence-electron chi connectivity index (χ4n) is 4.19. The zero-order chi connectivity index (χ0) is 23.1. The molecule has 4 N–H and O–H groups in total. The van der Waals surface area contributed by atoms with E-state index in [0.717, 1.165) is 31.6 Å². The summed E-state index contributed by atoms with van der Waals surface area (Å²) in [6.07, 6.45) is 6.79. The number of hydrogen-bond acceptors (Lipinski definition) is 4. The van der Waals surface area contributed by atoms with Crippen LogP contribution in [0.2, 0.25) is 0 Å². The van der Waals surface area contributed by atoms with E-state index < -0.39 is 10.0 Å². The second-order valence-corrected chi connectivity index (χ2v) is 10.3. The average molecular weight is 470 g/mol. The molecule has 1 heterocycles. The standard InChI is InChI=1S/C24H31N5O3S/c30-23(29-24-25-14-4-15-26-24)19-9-11-20(12-10-19)28-21-7-3-8-22(17-21)33(31,32)27-16-13-18-5-1-2-6-18/h3,7-12,17-18,27-28H,1-2,4-6,13-16H2,(H2,25,26,29,30). The molecule has 1 amide bonds. The molecule has 8 nitrogen and oxygen atoms in total. The number of guanidine groups is 1.